The van der Waals surface area contributed by atoms with Gasteiger partial charge in [-0.25, -0.2) is 0 Å². The highest BCUT2D eigenvalue weighted by molar-refractivity contribution is 5.95. The minimum atomic E-state index is -0.184. The smallest absolute Gasteiger partial charge is 0.0490 e. The van der Waals surface area contributed by atoms with Gasteiger partial charge in [0.05, 0.1) is 0 Å². The van der Waals surface area contributed by atoms with Crippen LogP contribution in [0.2, 0.25) is 0 Å². The van der Waals surface area contributed by atoms with Crippen LogP contribution in [0, 0.1) is 41.5 Å². The number of nitrogens with zero attached hydrogens (tertiary/aromatic N) is 2. The highest BCUT2D eigenvalue weighted by Crippen LogP contribution is 2.59. The first kappa shape index (κ1) is 35.8. The van der Waals surface area contributed by atoms with Gasteiger partial charge >= 0.3 is 0 Å². The number of rotatable bonds is 6. The number of fused-ring (bicyclic) bond motifs is 6. The Hall–Kier alpha value is -5.86. The summed E-state index contributed by atoms with van der Waals surface area (Å²) in [6, 6.07) is 50.0. The zero-order chi connectivity index (χ0) is 39.3. The van der Waals surface area contributed by atoms with Crippen molar-refractivity contribution in [3.05, 3.63) is 189 Å². The van der Waals surface area contributed by atoms with E-state index < -0.39 is 0 Å². The Bertz CT molecular complexity index is 2450. The largest absolute Gasteiger partial charge is 0.310 e. The lowest BCUT2D eigenvalue weighted by Crippen LogP contribution is -2.18. The molecule has 0 aliphatic heterocycles. The summed E-state index contributed by atoms with van der Waals surface area (Å²) in [6.07, 6.45) is 0. The average Bonchev–Trinajstić information content (AvgIpc) is 3.53. The molecule has 0 N–H and O–H groups in total. The van der Waals surface area contributed by atoms with E-state index in [9.17, 15) is 0 Å². The molecule has 2 heteroatoms. The fraction of sp³-hybridized carbons (Fsp3) is 0.222. The van der Waals surface area contributed by atoms with Gasteiger partial charge in [-0.05, 0) is 180 Å². The van der Waals surface area contributed by atoms with Crippen LogP contribution in [0.5, 0.6) is 0 Å². The summed E-state index contributed by atoms with van der Waals surface area (Å²) in [4.78, 5) is 4.93. The quantitative estimate of drug-likeness (QED) is 0.168. The molecule has 0 bridgehead atoms. The summed E-state index contributed by atoms with van der Waals surface area (Å²) in [6.45, 7) is 23.2. The lowest BCUT2D eigenvalue weighted by Gasteiger charge is -2.31. The Balaban J connectivity index is 1.20. The van der Waals surface area contributed by atoms with Crippen LogP contribution in [-0.2, 0) is 10.8 Å². The molecule has 0 spiro atoms. The number of benzene rings is 7. The van der Waals surface area contributed by atoms with Crippen molar-refractivity contribution in [2.24, 2.45) is 0 Å². The van der Waals surface area contributed by atoms with Crippen LogP contribution in [0.25, 0.3) is 22.3 Å². The van der Waals surface area contributed by atoms with Gasteiger partial charge in [-0.15, -0.1) is 0 Å². The summed E-state index contributed by atoms with van der Waals surface area (Å²) in [5.74, 6) is 0. The van der Waals surface area contributed by atoms with Crippen molar-refractivity contribution >= 4 is 34.1 Å². The summed E-state index contributed by atoms with van der Waals surface area (Å²) in [7, 11) is 0. The van der Waals surface area contributed by atoms with Crippen LogP contribution < -0.4 is 9.80 Å². The fourth-order valence-electron chi connectivity index (χ4n) is 9.91. The molecule has 2 aliphatic carbocycles. The van der Waals surface area contributed by atoms with Crippen LogP contribution in [0.4, 0.5) is 34.1 Å². The number of hydrogen-bond acceptors (Lipinski definition) is 2. The van der Waals surface area contributed by atoms with E-state index in [2.05, 4.69) is 212 Å². The van der Waals surface area contributed by atoms with E-state index in [1.54, 1.807) is 0 Å². The van der Waals surface area contributed by atoms with E-state index in [0.29, 0.717) is 0 Å². The molecule has 0 aromatic heterocycles. The molecule has 278 valence electrons. The lowest BCUT2D eigenvalue weighted by atomic mass is 9.79. The topological polar surface area (TPSA) is 6.48 Å². The van der Waals surface area contributed by atoms with Gasteiger partial charge in [0.2, 0.25) is 0 Å². The van der Waals surface area contributed by atoms with E-state index in [0.717, 1.165) is 0 Å². The first-order chi connectivity index (χ1) is 26.8. The maximum atomic E-state index is 2.56. The first-order valence-corrected chi connectivity index (χ1v) is 20.1. The summed E-state index contributed by atoms with van der Waals surface area (Å²) in [5, 5.41) is 0. The lowest BCUT2D eigenvalue weighted by molar-refractivity contribution is 0.652. The highest BCUT2D eigenvalue weighted by Gasteiger charge is 2.43. The van der Waals surface area contributed by atoms with E-state index in [-0.39, 0.29) is 10.8 Å². The van der Waals surface area contributed by atoms with Gasteiger partial charge in [0.1, 0.15) is 0 Å². The second kappa shape index (κ2) is 12.8. The molecule has 56 heavy (non-hydrogen) atoms. The highest BCUT2D eigenvalue weighted by atomic mass is 15.2. The first-order valence-electron chi connectivity index (χ1n) is 20.1. The van der Waals surface area contributed by atoms with Gasteiger partial charge in [-0.1, -0.05) is 100 Å². The third kappa shape index (κ3) is 5.29. The van der Waals surface area contributed by atoms with E-state index >= 15 is 0 Å². The molecule has 0 radical (unpaired) electrons. The van der Waals surface area contributed by atoms with E-state index in [1.807, 2.05) is 0 Å². The van der Waals surface area contributed by atoms with Gasteiger partial charge in [-0.3, -0.25) is 0 Å². The Kier molecular flexibility index (Phi) is 8.22. The third-order valence-corrected chi connectivity index (χ3v) is 13.0. The molecule has 0 saturated heterocycles. The standard InChI is InChI=1S/C54H52N2/c1-33-19-11-15-23-47(33)55(48-24-16-12-20-34(48)2)39-27-37(5)51-41-31-44-42(32-43(41)53(7,8)45(51)29-39)52-38(6)28-40(30-46(52)54(44,9)10)56(49-25-17-13-21-35(49)3)50-26-18-14-22-36(50)4/h11-32H,1-10H3. The number of hydrogen-bond donors (Lipinski definition) is 0. The molecule has 0 saturated carbocycles. The van der Waals surface area contributed by atoms with Crippen molar-refractivity contribution < 1.29 is 0 Å². The molecule has 0 atom stereocenters. The van der Waals surface area contributed by atoms with Crippen molar-refractivity contribution in [1.82, 2.24) is 0 Å². The molecular formula is C54H52N2. The SMILES string of the molecule is Cc1ccccc1N(c1cc(C)c2c(c1)C(C)(C)c1cc3c(cc1-2)C(C)(C)c1cc(N(c2ccccc2C)c2ccccc2C)cc(C)c1-3)c1ccccc1C. The number of aryl methyl sites for hydroxylation is 6. The Morgan fingerprint density at radius 1 is 0.321 bits per heavy atom. The van der Waals surface area contributed by atoms with Crippen LogP contribution in [0.15, 0.2) is 133 Å². The molecular weight excluding hydrogens is 677 g/mol. The predicted octanol–water partition coefficient (Wildman–Crippen LogP) is 15.1. The van der Waals surface area contributed by atoms with Crippen molar-refractivity contribution in [3.63, 3.8) is 0 Å². The van der Waals surface area contributed by atoms with E-state index in [1.165, 1.54) is 112 Å². The third-order valence-electron chi connectivity index (χ3n) is 13.0. The second-order valence-corrected chi connectivity index (χ2v) is 17.4. The van der Waals surface area contributed by atoms with Crippen LogP contribution in [0.3, 0.4) is 0 Å². The fourth-order valence-corrected chi connectivity index (χ4v) is 9.91. The van der Waals surface area contributed by atoms with Crippen LogP contribution in [0.1, 0.15) is 83.3 Å². The predicted molar refractivity (Wildman–Crippen MR) is 239 cm³/mol. The van der Waals surface area contributed by atoms with Crippen molar-refractivity contribution in [2.45, 2.75) is 80.1 Å². The average molecular weight is 729 g/mol. The zero-order valence-corrected chi connectivity index (χ0v) is 34.6. The monoisotopic (exact) mass is 728 g/mol. The Labute approximate surface area is 334 Å². The summed E-state index contributed by atoms with van der Waals surface area (Å²) >= 11 is 0. The van der Waals surface area contributed by atoms with Crippen molar-refractivity contribution in [2.75, 3.05) is 9.80 Å². The molecule has 0 unspecified atom stereocenters. The van der Waals surface area contributed by atoms with Crippen molar-refractivity contribution in [1.29, 1.82) is 0 Å². The van der Waals surface area contributed by atoms with Gasteiger partial charge in [0.25, 0.3) is 0 Å². The van der Waals surface area contributed by atoms with Gasteiger partial charge in [-0.2, -0.15) is 0 Å². The minimum Gasteiger partial charge on any atom is -0.310 e. The molecule has 0 heterocycles. The zero-order valence-electron chi connectivity index (χ0n) is 34.6. The molecule has 2 nitrogen and oxygen atoms in total. The molecule has 7 aromatic carbocycles. The van der Waals surface area contributed by atoms with Crippen LogP contribution >= 0.6 is 0 Å². The van der Waals surface area contributed by atoms with Crippen molar-refractivity contribution in [3.8, 4) is 22.3 Å². The van der Waals surface area contributed by atoms with Gasteiger partial charge in [0.15, 0.2) is 0 Å². The second-order valence-electron chi connectivity index (χ2n) is 17.4. The molecule has 7 aromatic rings. The number of para-hydroxylation sites is 4. The van der Waals surface area contributed by atoms with Gasteiger partial charge < -0.3 is 9.80 Å². The van der Waals surface area contributed by atoms with E-state index in [4.69, 9.17) is 0 Å². The molecule has 0 amide bonds. The minimum absolute atomic E-state index is 0.184. The maximum Gasteiger partial charge on any atom is 0.0490 e. The summed E-state index contributed by atoms with van der Waals surface area (Å²) < 4.78 is 0. The van der Waals surface area contributed by atoms with Crippen LogP contribution in [-0.4, -0.2) is 0 Å². The Morgan fingerprint density at radius 3 is 0.893 bits per heavy atom. The maximum absolute atomic E-state index is 2.56. The molecule has 2 aliphatic rings. The molecule has 9 rings (SSSR count). The molecule has 0 fully saturated rings. The number of anilines is 6. The summed E-state index contributed by atoms with van der Waals surface area (Å²) in [5.41, 5.74) is 25.7. The normalized spacial score (nSPS) is 14.2. The van der Waals surface area contributed by atoms with Gasteiger partial charge in [0, 0.05) is 45.0 Å². The Morgan fingerprint density at radius 2 is 0.607 bits per heavy atom.